The predicted octanol–water partition coefficient (Wildman–Crippen LogP) is 11.7. The quantitative estimate of drug-likeness (QED) is 0.133. The van der Waals surface area contributed by atoms with E-state index in [0.717, 1.165) is 70.7 Å². The molecule has 334 valence electrons. The second-order valence-corrected chi connectivity index (χ2v) is 18.0. The van der Waals surface area contributed by atoms with Crippen LogP contribution in [0.5, 0.6) is 0 Å². The summed E-state index contributed by atoms with van der Waals surface area (Å²) in [5.74, 6) is -1.45. The monoisotopic (exact) mass is 862 g/mol. The SMILES string of the molecule is CC(C)(C)OC(=O)N(CCc1ccc(F)cc1)C1CCc2cc(/C=C/C(=O)O)ccc21.CCC(=O)/C=C/c1ccc2c(c1)CCC2N(CCc1ccc(F)cc1)C(=O)OC(C)(C)C. The standard InChI is InChI=1S/C27H32FNO3.C25H28FNO4/c1-5-23(30)13-8-20-9-14-24-21(18-20)10-15-25(24)29(26(31)32-27(2,3)4)17-16-19-6-11-22(28)12-7-19;1-25(2,3)31-24(30)27(15-14-17-4-9-20(26)10-5-17)22-12-8-19-16-18(6-11-21(19)22)7-13-23(28)29/h6-9,11-14,18,25H,5,10,15-17H2,1-4H3;4-7,9-11,13,16,22H,8,12,14-15H2,1-3H3,(H,28,29)/b13-8+;13-7+. The summed E-state index contributed by atoms with van der Waals surface area (Å²) in [6.45, 7) is 13.9. The average molecular weight is 863 g/mol. The summed E-state index contributed by atoms with van der Waals surface area (Å²) in [4.78, 5) is 52.1. The van der Waals surface area contributed by atoms with Crippen LogP contribution in [0, 0.1) is 11.6 Å². The van der Waals surface area contributed by atoms with Crippen molar-refractivity contribution < 1.29 is 42.5 Å². The van der Waals surface area contributed by atoms with E-state index in [2.05, 4.69) is 12.1 Å². The van der Waals surface area contributed by atoms with Crippen LogP contribution in [0.15, 0.2) is 97.1 Å². The molecule has 4 aromatic rings. The molecule has 2 unspecified atom stereocenters. The first-order valence-electron chi connectivity index (χ1n) is 21.6. The average Bonchev–Trinajstić information content (AvgIpc) is 3.83. The van der Waals surface area contributed by atoms with Gasteiger partial charge in [-0.3, -0.25) is 4.79 Å². The number of halogens is 2. The predicted molar refractivity (Wildman–Crippen MR) is 242 cm³/mol. The summed E-state index contributed by atoms with van der Waals surface area (Å²) in [6.07, 6.45) is 10.4. The minimum atomic E-state index is -0.990. The third-order valence-electron chi connectivity index (χ3n) is 10.8. The highest BCUT2D eigenvalue weighted by Gasteiger charge is 2.35. The van der Waals surface area contributed by atoms with E-state index in [-0.39, 0.29) is 41.7 Å². The molecule has 2 aliphatic rings. The molecule has 2 amide bonds. The fourth-order valence-electron chi connectivity index (χ4n) is 7.75. The van der Waals surface area contributed by atoms with Gasteiger partial charge >= 0.3 is 18.2 Å². The molecule has 0 saturated heterocycles. The number of rotatable bonds is 13. The van der Waals surface area contributed by atoms with Crippen LogP contribution >= 0.6 is 0 Å². The van der Waals surface area contributed by atoms with Gasteiger partial charge in [0.1, 0.15) is 22.8 Å². The molecule has 4 aromatic carbocycles. The third-order valence-corrected chi connectivity index (χ3v) is 10.8. The zero-order chi connectivity index (χ0) is 45.9. The first-order chi connectivity index (χ1) is 29.8. The van der Waals surface area contributed by atoms with Gasteiger partial charge in [0.25, 0.3) is 0 Å². The second-order valence-electron chi connectivity index (χ2n) is 18.0. The summed E-state index contributed by atoms with van der Waals surface area (Å²) in [5.41, 5.74) is 6.99. The van der Waals surface area contributed by atoms with Gasteiger partial charge in [0.05, 0.1) is 12.1 Å². The number of nitrogens with zero attached hydrogens (tertiary/aromatic N) is 2. The zero-order valence-electron chi connectivity index (χ0n) is 37.5. The summed E-state index contributed by atoms with van der Waals surface area (Å²) < 4.78 is 37.9. The van der Waals surface area contributed by atoms with Gasteiger partial charge < -0.3 is 24.4 Å². The topological polar surface area (TPSA) is 113 Å². The number of allylic oxidation sites excluding steroid dienone is 1. The van der Waals surface area contributed by atoms with E-state index >= 15 is 0 Å². The van der Waals surface area contributed by atoms with Crippen LogP contribution < -0.4 is 0 Å². The van der Waals surface area contributed by atoms with Gasteiger partial charge in [0, 0.05) is 25.6 Å². The van der Waals surface area contributed by atoms with Gasteiger partial charge in [-0.05, 0) is 161 Å². The minimum absolute atomic E-state index is 0.0735. The van der Waals surface area contributed by atoms with E-state index in [4.69, 9.17) is 14.6 Å². The van der Waals surface area contributed by atoms with Crippen LogP contribution in [0.2, 0.25) is 0 Å². The highest BCUT2D eigenvalue weighted by molar-refractivity contribution is 5.93. The third kappa shape index (κ3) is 14.5. The molecule has 9 nitrogen and oxygen atoms in total. The highest BCUT2D eigenvalue weighted by Crippen LogP contribution is 2.39. The van der Waals surface area contributed by atoms with Crippen LogP contribution in [0.3, 0.4) is 0 Å². The molecule has 6 rings (SSSR count). The van der Waals surface area contributed by atoms with Crippen molar-refractivity contribution in [3.05, 3.63) is 153 Å². The molecule has 63 heavy (non-hydrogen) atoms. The maximum absolute atomic E-state index is 13.3. The fraction of sp³-hybridized carbons (Fsp3) is 0.385. The van der Waals surface area contributed by atoms with Crippen molar-refractivity contribution in [1.82, 2.24) is 9.80 Å². The van der Waals surface area contributed by atoms with E-state index < -0.39 is 17.2 Å². The number of aryl methyl sites for hydroxylation is 2. The molecule has 0 aromatic heterocycles. The molecule has 2 aliphatic carbocycles. The van der Waals surface area contributed by atoms with Crippen LogP contribution in [0.1, 0.15) is 124 Å². The number of hydrogen-bond acceptors (Lipinski definition) is 6. The van der Waals surface area contributed by atoms with E-state index in [0.29, 0.717) is 32.4 Å². The van der Waals surface area contributed by atoms with Gasteiger partial charge in [0.15, 0.2) is 5.78 Å². The lowest BCUT2D eigenvalue weighted by Gasteiger charge is -2.32. The minimum Gasteiger partial charge on any atom is -0.478 e. The number of ketones is 1. The zero-order valence-corrected chi connectivity index (χ0v) is 37.5. The number of carbonyl (C=O) groups is 4. The molecule has 0 heterocycles. The van der Waals surface area contributed by atoms with Crippen molar-refractivity contribution in [3.63, 3.8) is 0 Å². The Bertz CT molecular complexity index is 2290. The molecule has 0 aliphatic heterocycles. The number of carboxylic acids is 1. The van der Waals surface area contributed by atoms with Gasteiger partial charge in [-0.15, -0.1) is 0 Å². The van der Waals surface area contributed by atoms with Gasteiger partial charge in [-0.1, -0.05) is 73.7 Å². The number of carboxylic acid groups (broad SMARTS) is 1. The van der Waals surface area contributed by atoms with Crippen molar-refractivity contribution in [1.29, 1.82) is 0 Å². The Morgan fingerprint density at radius 1 is 0.635 bits per heavy atom. The molecule has 0 saturated carbocycles. The van der Waals surface area contributed by atoms with Gasteiger partial charge in [0.2, 0.25) is 0 Å². The van der Waals surface area contributed by atoms with Gasteiger partial charge in [-0.25, -0.2) is 23.2 Å². The number of fused-ring (bicyclic) bond motifs is 2. The number of benzene rings is 4. The molecule has 0 fully saturated rings. The van der Waals surface area contributed by atoms with E-state index in [1.54, 1.807) is 46.2 Å². The Labute approximate surface area is 370 Å². The highest BCUT2D eigenvalue weighted by atomic mass is 19.1. The van der Waals surface area contributed by atoms with Crippen molar-refractivity contribution in [2.45, 2.75) is 117 Å². The summed E-state index contributed by atoms with van der Waals surface area (Å²) in [7, 11) is 0. The van der Waals surface area contributed by atoms with Crippen LogP contribution in [0.25, 0.3) is 12.2 Å². The summed E-state index contributed by atoms with van der Waals surface area (Å²) in [6, 6.07) is 24.4. The lowest BCUT2D eigenvalue weighted by molar-refractivity contribution is -0.131. The Hall–Kier alpha value is -6.10. The summed E-state index contributed by atoms with van der Waals surface area (Å²) in [5, 5.41) is 8.84. The van der Waals surface area contributed by atoms with E-state index in [1.165, 1.54) is 29.8 Å². The molecule has 0 spiro atoms. The Kier molecular flexibility index (Phi) is 16.2. The number of aliphatic carboxylic acids is 1. The number of carbonyl (C=O) groups excluding carboxylic acids is 3. The largest absolute Gasteiger partial charge is 0.478 e. The Morgan fingerprint density at radius 3 is 1.40 bits per heavy atom. The first kappa shape index (κ1) is 47.9. The lowest BCUT2D eigenvalue weighted by atomic mass is 10.0. The van der Waals surface area contributed by atoms with Gasteiger partial charge in [-0.2, -0.15) is 0 Å². The Balaban J connectivity index is 0.000000238. The molecule has 11 heteroatoms. The van der Waals surface area contributed by atoms with E-state index in [9.17, 15) is 28.0 Å². The second kappa shape index (κ2) is 21.3. The first-order valence-corrected chi connectivity index (χ1v) is 21.6. The maximum atomic E-state index is 13.3. The van der Waals surface area contributed by atoms with Crippen molar-refractivity contribution in [2.24, 2.45) is 0 Å². The van der Waals surface area contributed by atoms with Crippen LogP contribution in [0.4, 0.5) is 18.4 Å². The van der Waals surface area contributed by atoms with Crippen molar-refractivity contribution in [2.75, 3.05) is 13.1 Å². The van der Waals surface area contributed by atoms with Crippen LogP contribution in [-0.4, -0.2) is 63.1 Å². The molecular weight excluding hydrogens is 803 g/mol. The lowest BCUT2D eigenvalue weighted by Crippen LogP contribution is -2.40. The fourth-order valence-corrected chi connectivity index (χ4v) is 7.75. The molecule has 2 atom stereocenters. The molecule has 0 bridgehead atoms. The number of hydrogen-bond donors (Lipinski definition) is 1. The maximum Gasteiger partial charge on any atom is 0.410 e. The number of ether oxygens (including phenoxy) is 2. The number of amides is 2. The smallest absolute Gasteiger partial charge is 0.410 e. The van der Waals surface area contributed by atoms with Crippen molar-refractivity contribution in [3.8, 4) is 0 Å². The summed E-state index contributed by atoms with van der Waals surface area (Å²) >= 11 is 0. The molecular formula is C52H60F2N2O7. The molecule has 1 N–H and O–H groups in total. The molecule has 0 radical (unpaired) electrons. The Morgan fingerprint density at radius 2 is 1.03 bits per heavy atom. The van der Waals surface area contributed by atoms with Crippen molar-refractivity contribution >= 4 is 36.1 Å². The van der Waals surface area contributed by atoms with E-state index in [1.807, 2.05) is 78.8 Å². The normalized spacial score (nSPS) is 15.6. The van der Waals surface area contributed by atoms with Crippen LogP contribution in [-0.2, 0) is 44.7 Å².